The molecule has 1 aromatic carbocycles. The predicted octanol–water partition coefficient (Wildman–Crippen LogP) is 2.14. The van der Waals surface area contributed by atoms with Gasteiger partial charge in [-0.2, -0.15) is 5.10 Å². The zero-order chi connectivity index (χ0) is 14.0. The Morgan fingerprint density at radius 2 is 2.26 bits per heavy atom. The molecule has 19 heavy (non-hydrogen) atoms. The van der Waals surface area contributed by atoms with Crippen molar-refractivity contribution < 1.29 is 9.66 Å². The lowest BCUT2D eigenvalue weighted by Gasteiger charge is -2.08. The van der Waals surface area contributed by atoms with Crippen LogP contribution in [0.25, 0.3) is 11.3 Å². The Bertz CT molecular complexity index is 621. The second kappa shape index (κ2) is 4.97. The molecule has 0 aliphatic rings. The number of nitro benzene ring substituents is 1. The molecule has 0 unspecified atom stereocenters. The third kappa shape index (κ3) is 2.22. The first kappa shape index (κ1) is 12.9. The number of nitrogen functional groups attached to an aromatic ring is 1. The van der Waals surface area contributed by atoms with Gasteiger partial charge in [0, 0.05) is 17.2 Å². The highest BCUT2D eigenvalue weighted by molar-refractivity contribution is 5.74. The molecule has 2 aromatic rings. The van der Waals surface area contributed by atoms with Gasteiger partial charge in [-0.15, -0.1) is 0 Å². The van der Waals surface area contributed by atoms with Crippen molar-refractivity contribution in [2.45, 2.75) is 13.3 Å². The molecule has 0 fully saturated rings. The molecule has 0 radical (unpaired) electrons. The van der Waals surface area contributed by atoms with E-state index >= 15 is 0 Å². The Hall–Kier alpha value is -2.57. The Morgan fingerprint density at radius 1 is 1.53 bits per heavy atom. The monoisotopic (exact) mass is 262 g/mol. The molecule has 0 saturated carbocycles. The summed E-state index contributed by atoms with van der Waals surface area (Å²) in [5, 5.41) is 17.6. The highest BCUT2D eigenvalue weighted by Crippen LogP contribution is 2.35. The molecule has 7 heteroatoms. The van der Waals surface area contributed by atoms with Crippen molar-refractivity contribution in [1.29, 1.82) is 0 Å². The molecule has 7 nitrogen and oxygen atoms in total. The first-order valence-electron chi connectivity index (χ1n) is 5.74. The Kier molecular flexibility index (Phi) is 3.37. The van der Waals surface area contributed by atoms with Gasteiger partial charge in [-0.1, -0.05) is 6.92 Å². The molecule has 0 spiro atoms. The van der Waals surface area contributed by atoms with E-state index in [9.17, 15) is 10.1 Å². The van der Waals surface area contributed by atoms with E-state index in [2.05, 4.69) is 10.2 Å². The third-order valence-corrected chi connectivity index (χ3v) is 2.92. The van der Waals surface area contributed by atoms with Crippen LogP contribution in [0.3, 0.4) is 0 Å². The Balaban J connectivity index is 2.58. The van der Waals surface area contributed by atoms with Gasteiger partial charge in [0.1, 0.15) is 11.6 Å². The zero-order valence-corrected chi connectivity index (χ0v) is 10.6. The van der Waals surface area contributed by atoms with Crippen LogP contribution in [0.2, 0.25) is 0 Å². The van der Waals surface area contributed by atoms with E-state index in [0.717, 1.165) is 11.3 Å². The number of rotatable bonds is 4. The Morgan fingerprint density at radius 3 is 2.84 bits per heavy atom. The SMILES string of the molecule is CCc1c(N)n[nH]c1-c1ccc([N+](=O)[O-])cc1OC. The van der Waals surface area contributed by atoms with E-state index < -0.39 is 4.92 Å². The number of nitrogens with two attached hydrogens (primary N) is 1. The number of hydrogen-bond donors (Lipinski definition) is 2. The molecule has 3 N–H and O–H groups in total. The first-order chi connectivity index (χ1) is 9.08. The van der Waals surface area contributed by atoms with Gasteiger partial charge in [0.15, 0.2) is 0 Å². The number of aromatic nitrogens is 2. The smallest absolute Gasteiger partial charge is 0.273 e. The van der Waals surface area contributed by atoms with E-state index in [0.29, 0.717) is 23.6 Å². The second-order valence-electron chi connectivity index (χ2n) is 3.96. The van der Waals surface area contributed by atoms with Crippen LogP contribution in [0.5, 0.6) is 5.75 Å². The largest absolute Gasteiger partial charge is 0.496 e. The molecule has 1 aromatic heterocycles. The zero-order valence-electron chi connectivity index (χ0n) is 10.6. The van der Waals surface area contributed by atoms with Gasteiger partial charge < -0.3 is 10.5 Å². The predicted molar refractivity (Wildman–Crippen MR) is 71.0 cm³/mol. The third-order valence-electron chi connectivity index (χ3n) is 2.92. The van der Waals surface area contributed by atoms with Gasteiger partial charge >= 0.3 is 0 Å². The first-order valence-corrected chi connectivity index (χ1v) is 5.74. The summed E-state index contributed by atoms with van der Waals surface area (Å²) in [6.07, 6.45) is 0.706. The molecule has 0 aliphatic heterocycles. The van der Waals surface area contributed by atoms with E-state index in [4.69, 9.17) is 10.5 Å². The number of aromatic amines is 1. The van der Waals surface area contributed by atoms with Gasteiger partial charge in [-0.25, -0.2) is 0 Å². The van der Waals surface area contributed by atoms with E-state index in [1.807, 2.05) is 6.92 Å². The molecule has 0 saturated heterocycles. The number of anilines is 1. The summed E-state index contributed by atoms with van der Waals surface area (Å²) in [4.78, 5) is 10.3. The number of nitrogens with one attached hydrogen (secondary N) is 1. The van der Waals surface area contributed by atoms with E-state index in [-0.39, 0.29) is 5.69 Å². The van der Waals surface area contributed by atoms with Crippen LogP contribution in [0.4, 0.5) is 11.5 Å². The summed E-state index contributed by atoms with van der Waals surface area (Å²) in [5.74, 6) is 0.838. The summed E-state index contributed by atoms with van der Waals surface area (Å²) in [6, 6.07) is 4.43. The number of non-ortho nitro benzene ring substituents is 1. The van der Waals surface area contributed by atoms with Crippen LogP contribution in [-0.4, -0.2) is 22.2 Å². The number of ether oxygens (including phenoxy) is 1. The molecule has 0 atom stereocenters. The van der Waals surface area contributed by atoms with Crippen molar-refractivity contribution in [3.05, 3.63) is 33.9 Å². The maximum absolute atomic E-state index is 10.8. The number of nitro groups is 1. The summed E-state index contributed by atoms with van der Waals surface area (Å²) >= 11 is 0. The van der Waals surface area contributed by atoms with Crippen LogP contribution in [0, 0.1) is 10.1 Å². The lowest BCUT2D eigenvalue weighted by atomic mass is 10.0. The number of methoxy groups -OCH3 is 1. The fourth-order valence-electron chi connectivity index (χ4n) is 1.96. The van der Waals surface area contributed by atoms with Crippen molar-refractivity contribution in [2.75, 3.05) is 12.8 Å². The molecule has 2 rings (SSSR count). The summed E-state index contributed by atoms with van der Waals surface area (Å²) < 4.78 is 5.21. The van der Waals surface area contributed by atoms with Crippen molar-refractivity contribution in [2.24, 2.45) is 0 Å². The fraction of sp³-hybridized carbons (Fsp3) is 0.250. The second-order valence-corrected chi connectivity index (χ2v) is 3.96. The Labute approximate surface area is 109 Å². The minimum absolute atomic E-state index is 0.0221. The van der Waals surface area contributed by atoms with Gasteiger partial charge in [-0.05, 0) is 12.5 Å². The molecule has 0 bridgehead atoms. The van der Waals surface area contributed by atoms with Crippen LogP contribution >= 0.6 is 0 Å². The van der Waals surface area contributed by atoms with Crippen molar-refractivity contribution >= 4 is 11.5 Å². The van der Waals surface area contributed by atoms with Gasteiger partial charge in [0.25, 0.3) is 5.69 Å². The maximum atomic E-state index is 10.8. The van der Waals surface area contributed by atoms with E-state index in [1.165, 1.54) is 19.2 Å². The average molecular weight is 262 g/mol. The number of hydrogen-bond acceptors (Lipinski definition) is 5. The maximum Gasteiger partial charge on any atom is 0.273 e. The van der Waals surface area contributed by atoms with Crippen molar-refractivity contribution in [3.63, 3.8) is 0 Å². The number of nitrogens with zero attached hydrogens (tertiary/aromatic N) is 2. The topological polar surface area (TPSA) is 107 Å². The summed E-state index contributed by atoms with van der Waals surface area (Å²) in [5.41, 5.74) is 8.04. The van der Waals surface area contributed by atoms with Crippen LogP contribution in [-0.2, 0) is 6.42 Å². The molecular formula is C12H14N4O3. The van der Waals surface area contributed by atoms with Crippen molar-refractivity contribution in [1.82, 2.24) is 10.2 Å². The number of benzene rings is 1. The lowest BCUT2D eigenvalue weighted by molar-refractivity contribution is -0.384. The van der Waals surface area contributed by atoms with Crippen molar-refractivity contribution in [3.8, 4) is 17.0 Å². The normalized spacial score (nSPS) is 10.4. The molecular weight excluding hydrogens is 248 g/mol. The molecule has 0 amide bonds. The van der Waals surface area contributed by atoms with Crippen LogP contribution < -0.4 is 10.5 Å². The number of H-pyrrole nitrogens is 1. The minimum atomic E-state index is -0.464. The van der Waals surface area contributed by atoms with Gasteiger partial charge in [-0.3, -0.25) is 15.2 Å². The highest BCUT2D eigenvalue weighted by Gasteiger charge is 2.17. The van der Waals surface area contributed by atoms with Gasteiger partial charge in [0.05, 0.1) is 23.8 Å². The molecule has 0 aliphatic carbocycles. The standard InChI is InChI=1S/C12H14N4O3/c1-3-8-11(14-15-12(8)13)9-5-4-7(16(17)18)6-10(9)19-2/h4-6H,3H2,1-2H3,(H3,13,14,15). The summed E-state index contributed by atoms with van der Waals surface area (Å²) in [6.45, 7) is 1.96. The fourth-order valence-corrected chi connectivity index (χ4v) is 1.96. The quantitative estimate of drug-likeness (QED) is 0.648. The van der Waals surface area contributed by atoms with E-state index in [1.54, 1.807) is 6.07 Å². The lowest BCUT2D eigenvalue weighted by Crippen LogP contribution is -1.95. The minimum Gasteiger partial charge on any atom is -0.496 e. The van der Waals surface area contributed by atoms with Gasteiger partial charge in [0.2, 0.25) is 0 Å². The highest BCUT2D eigenvalue weighted by atomic mass is 16.6. The molecule has 1 heterocycles. The molecule has 100 valence electrons. The average Bonchev–Trinajstić information content (AvgIpc) is 2.78. The summed E-state index contributed by atoms with van der Waals surface area (Å²) in [7, 11) is 1.47. The van der Waals surface area contributed by atoms with Crippen LogP contribution in [0.15, 0.2) is 18.2 Å². The van der Waals surface area contributed by atoms with Crippen LogP contribution in [0.1, 0.15) is 12.5 Å².